The number of nitrogens with zero attached hydrogens (tertiary/aromatic N) is 4. The maximum absolute atomic E-state index is 12.8. The topological polar surface area (TPSA) is 89.5 Å². The molecule has 0 fully saturated rings. The van der Waals surface area contributed by atoms with E-state index < -0.39 is 0 Å². The van der Waals surface area contributed by atoms with Crippen molar-refractivity contribution < 1.29 is 14.3 Å². The Hall–Kier alpha value is -3.68. The van der Waals surface area contributed by atoms with Crippen LogP contribution in [0.4, 0.5) is 11.5 Å². The Kier molecular flexibility index (Phi) is 5.24. The fourth-order valence-electron chi connectivity index (χ4n) is 3.01. The number of hydrogen-bond acceptors (Lipinski definition) is 7. The van der Waals surface area contributed by atoms with Crippen LogP contribution in [0.2, 0.25) is 0 Å². The maximum atomic E-state index is 12.8. The van der Waals surface area contributed by atoms with E-state index in [2.05, 4.69) is 20.3 Å². The third kappa shape index (κ3) is 4.43. The summed E-state index contributed by atoms with van der Waals surface area (Å²) in [7, 11) is 1.77. The number of pyridine rings is 1. The second-order valence-electron chi connectivity index (χ2n) is 6.71. The van der Waals surface area contributed by atoms with Crippen LogP contribution in [0.1, 0.15) is 21.9 Å². The first kappa shape index (κ1) is 18.7. The van der Waals surface area contributed by atoms with Crippen molar-refractivity contribution >= 4 is 17.4 Å². The van der Waals surface area contributed by atoms with Gasteiger partial charge < -0.3 is 19.7 Å². The van der Waals surface area contributed by atoms with Crippen LogP contribution in [0.15, 0.2) is 48.8 Å². The van der Waals surface area contributed by atoms with Gasteiger partial charge in [0.1, 0.15) is 17.3 Å². The molecule has 1 amide bonds. The zero-order chi connectivity index (χ0) is 20.2. The predicted octanol–water partition coefficient (Wildman–Crippen LogP) is 2.97. The first-order valence-corrected chi connectivity index (χ1v) is 9.25. The van der Waals surface area contributed by atoms with Gasteiger partial charge in [0.05, 0.1) is 0 Å². The molecular weight excluding hydrogens is 370 g/mol. The molecule has 0 saturated heterocycles. The van der Waals surface area contributed by atoms with Gasteiger partial charge >= 0.3 is 0 Å². The molecule has 8 heteroatoms. The lowest BCUT2D eigenvalue weighted by atomic mass is 10.2. The maximum Gasteiger partial charge on any atom is 0.272 e. The third-order valence-corrected chi connectivity index (χ3v) is 4.53. The molecule has 0 atom stereocenters. The molecule has 1 aliphatic rings. The number of carbonyl (C=O) groups is 1. The second kappa shape index (κ2) is 8.14. The number of benzene rings is 1. The normalized spacial score (nSPS) is 11.9. The average Bonchev–Trinajstić information content (AvgIpc) is 3.19. The van der Waals surface area contributed by atoms with Gasteiger partial charge in [-0.2, -0.15) is 0 Å². The highest BCUT2D eigenvalue weighted by Crippen LogP contribution is 2.34. The molecule has 3 heterocycles. The van der Waals surface area contributed by atoms with E-state index in [1.54, 1.807) is 37.3 Å². The zero-order valence-corrected chi connectivity index (χ0v) is 16.3. The Morgan fingerprint density at radius 2 is 1.90 bits per heavy atom. The average molecular weight is 391 g/mol. The van der Waals surface area contributed by atoms with Crippen LogP contribution in [0.25, 0.3) is 0 Å². The fraction of sp³-hybridized carbons (Fsp3) is 0.238. The first-order chi connectivity index (χ1) is 14.1. The van der Waals surface area contributed by atoms with E-state index in [4.69, 9.17) is 9.47 Å². The second-order valence-corrected chi connectivity index (χ2v) is 6.71. The van der Waals surface area contributed by atoms with Crippen molar-refractivity contribution in [1.82, 2.24) is 19.9 Å². The number of likely N-dealkylation sites (N-methyl/N-ethyl adjacent to an activating group) is 1. The minimum absolute atomic E-state index is 0.154. The van der Waals surface area contributed by atoms with E-state index in [1.165, 1.54) is 0 Å². The van der Waals surface area contributed by atoms with Crippen molar-refractivity contribution in [2.45, 2.75) is 13.3 Å². The monoisotopic (exact) mass is 391 g/mol. The highest BCUT2D eigenvalue weighted by Gasteiger charge is 2.17. The van der Waals surface area contributed by atoms with E-state index in [0.29, 0.717) is 35.4 Å². The van der Waals surface area contributed by atoms with Gasteiger partial charge in [-0.1, -0.05) is 0 Å². The molecule has 0 unspecified atom stereocenters. The summed E-state index contributed by atoms with van der Waals surface area (Å²) in [4.78, 5) is 27.2. The number of aromatic nitrogens is 3. The van der Waals surface area contributed by atoms with Crippen LogP contribution in [-0.2, 0) is 6.42 Å². The summed E-state index contributed by atoms with van der Waals surface area (Å²) in [6.45, 7) is 2.56. The van der Waals surface area contributed by atoms with Crippen LogP contribution in [0.5, 0.6) is 11.5 Å². The van der Waals surface area contributed by atoms with Crippen LogP contribution < -0.4 is 14.8 Å². The van der Waals surface area contributed by atoms with Crippen molar-refractivity contribution in [2.24, 2.45) is 0 Å². The van der Waals surface area contributed by atoms with Gasteiger partial charge in [-0.05, 0) is 43.2 Å². The Morgan fingerprint density at radius 3 is 2.72 bits per heavy atom. The Bertz CT molecular complexity index is 1030. The van der Waals surface area contributed by atoms with Gasteiger partial charge in [0, 0.05) is 43.8 Å². The fourth-order valence-corrected chi connectivity index (χ4v) is 3.01. The van der Waals surface area contributed by atoms with Gasteiger partial charge in [-0.3, -0.25) is 9.78 Å². The Morgan fingerprint density at radius 1 is 1.10 bits per heavy atom. The summed E-state index contributed by atoms with van der Waals surface area (Å²) in [5.41, 5.74) is 2.26. The lowest BCUT2D eigenvalue weighted by Gasteiger charge is -2.17. The van der Waals surface area contributed by atoms with Crippen molar-refractivity contribution in [2.75, 3.05) is 25.7 Å². The number of nitrogens with one attached hydrogen (secondary N) is 1. The van der Waals surface area contributed by atoms with E-state index in [1.807, 2.05) is 30.3 Å². The minimum Gasteiger partial charge on any atom is -0.454 e. The lowest BCUT2D eigenvalue weighted by Crippen LogP contribution is -2.30. The summed E-state index contributed by atoms with van der Waals surface area (Å²) in [5.74, 6) is 2.29. The molecule has 0 aliphatic carbocycles. The standard InChI is InChI=1S/C21H21N5O3/c1-14-23-17(21(27)26(2)10-7-15-5-8-22-9-6-15)12-20(24-14)25-16-3-4-18-19(11-16)29-13-28-18/h3-6,8-9,11-12H,7,10,13H2,1-2H3,(H,23,24,25). The number of carbonyl (C=O) groups excluding carboxylic acids is 1. The van der Waals surface area contributed by atoms with E-state index in [-0.39, 0.29) is 12.7 Å². The van der Waals surface area contributed by atoms with Gasteiger partial charge in [0.2, 0.25) is 6.79 Å². The number of rotatable bonds is 6. The summed E-state index contributed by atoms with van der Waals surface area (Å²) in [5, 5.41) is 3.20. The highest BCUT2D eigenvalue weighted by atomic mass is 16.7. The van der Waals surface area contributed by atoms with Crippen LogP contribution >= 0.6 is 0 Å². The first-order valence-electron chi connectivity index (χ1n) is 9.25. The molecule has 1 aliphatic heterocycles. The Labute approximate surface area is 168 Å². The smallest absolute Gasteiger partial charge is 0.272 e. The summed E-state index contributed by atoms with van der Waals surface area (Å²) >= 11 is 0. The molecular formula is C21H21N5O3. The third-order valence-electron chi connectivity index (χ3n) is 4.53. The van der Waals surface area contributed by atoms with Gasteiger partial charge in [-0.15, -0.1) is 0 Å². The number of ether oxygens (including phenoxy) is 2. The molecule has 8 nitrogen and oxygen atoms in total. The molecule has 0 spiro atoms. The van der Waals surface area contributed by atoms with Crippen molar-refractivity contribution in [3.05, 3.63) is 65.9 Å². The highest BCUT2D eigenvalue weighted by molar-refractivity contribution is 5.93. The molecule has 0 bridgehead atoms. The summed E-state index contributed by atoms with van der Waals surface area (Å²) in [6, 6.07) is 11.1. The largest absolute Gasteiger partial charge is 0.454 e. The number of anilines is 2. The van der Waals surface area contributed by atoms with Gasteiger partial charge in [0.15, 0.2) is 11.5 Å². The Balaban J connectivity index is 1.46. The SMILES string of the molecule is Cc1nc(Nc2ccc3c(c2)OCO3)cc(C(=O)N(C)CCc2ccncc2)n1. The molecule has 3 aromatic rings. The lowest BCUT2D eigenvalue weighted by molar-refractivity contribution is 0.0790. The molecule has 1 N–H and O–H groups in total. The predicted molar refractivity (Wildman–Crippen MR) is 108 cm³/mol. The quantitative estimate of drug-likeness (QED) is 0.691. The number of amides is 1. The number of fused-ring (bicyclic) bond motifs is 1. The molecule has 0 saturated carbocycles. The van der Waals surface area contributed by atoms with E-state index >= 15 is 0 Å². The van der Waals surface area contributed by atoms with Crippen LogP contribution in [0.3, 0.4) is 0 Å². The summed E-state index contributed by atoms with van der Waals surface area (Å²) < 4.78 is 10.7. The van der Waals surface area contributed by atoms with Crippen LogP contribution in [0, 0.1) is 6.92 Å². The van der Waals surface area contributed by atoms with Gasteiger partial charge in [-0.25, -0.2) is 9.97 Å². The molecule has 0 radical (unpaired) electrons. The van der Waals surface area contributed by atoms with E-state index in [0.717, 1.165) is 17.7 Å². The van der Waals surface area contributed by atoms with Crippen molar-refractivity contribution in [3.8, 4) is 11.5 Å². The van der Waals surface area contributed by atoms with Crippen molar-refractivity contribution in [3.63, 3.8) is 0 Å². The minimum atomic E-state index is -0.154. The number of aryl methyl sites for hydroxylation is 1. The molecule has 2 aromatic heterocycles. The van der Waals surface area contributed by atoms with Gasteiger partial charge in [0.25, 0.3) is 5.91 Å². The molecule has 148 valence electrons. The summed E-state index contributed by atoms with van der Waals surface area (Å²) in [6.07, 6.45) is 4.25. The van der Waals surface area contributed by atoms with E-state index in [9.17, 15) is 4.79 Å². The molecule has 1 aromatic carbocycles. The molecule has 29 heavy (non-hydrogen) atoms. The zero-order valence-electron chi connectivity index (χ0n) is 16.3. The number of hydrogen-bond donors (Lipinski definition) is 1. The van der Waals surface area contributed by atoms with Crippen molar-refractivity contribution in [1.29, 1.82) is 0 Å². The molecule has 4 rings (SSSR count). The van der Waals surface area contributed by atoms with Crippen LogP contribution in [-0.4, -0.2) is 46.1 Å².